The van der Waals surface area contributed by atoms with Crippen molar-refractivity contribution >= 4 is 23.9 Å². The summed E-state index contributed by atoms with van der Waals surface area (Å²) in [6, 6.07) is 0. The van der Waals surface area contributed by atoms with Crippen LogP contribution >= 0.6 is 23.9 Å². The van der Waals surface area contributed by atoms with Gasteiger partial charge in [-0.15, -0.1) is 0 Å². The molecule has 1 aliphatic rings. The first kappa shape index (κ1) is 7.15. The van der Waals surface area contributed by atoms with Gasteiger partial charge in [0.15, 0.2) is 0 Å². The van der Waals surface area contributed by atoms with Gasteiger partial charge in [0.05, 0.1) is 0 Å². The van der Waals surface area contributed by atoms with Gasteiger partial charge in [-0.1, -0.05) is 23.9 Å². The van der Waals surface area contributed by atoms with Crippen molar-refractivity contribution in [3.63, 3.8) is 0 Å². The van der Waals surface area contributed by atoms with E-state index in [-0.39, 0.29) is 0 Å². The predicted octanol–water partition coefficient (Wildman–Crippen LogP) is 1.63. The first-order valence-electron chi connectivity index (χ1n) is 2.48. The molecule has 1 rings (SSSR count). The van der Waals surface area contributed by atoms with Gasteiger partial charge in [0, 0.05) is 24.9 Å². The van der Waals surface area contributed by atoms with E-state index in [0.717, 1.165) is 0 Å². The third-order valence-electron chi connectivity index (χ3n) is 0.928. The average Bonchev–Trinajstić information content (AvgIpc) is 2.34. The van der Waals surface area contributed by atoms with Crippen LogP contribution in [-0.2, 0) is 0 Å². The molecular formula is C5H8N2S2. The smallest absolute Gasteiger partial charge is 0.230 e. The molecule has 1 heterocycles. The maximum Gasteiger partial charge on any atom is 0.230 e. The first-order valence-corrected chi connectivity index (χ1v) is 4.84. The Kier molecular flexibility index (Phi) is 2.60. The lowest BCUT2D eigenvalue weighted by Crippen LogP contribution is -2.06. The molecule has 4 heteroatoms. The summed E-state index contributed by atoms with van der Waals surface area (Å²) in [5.74, 6) is 0. The Labute approximate surface area is 64.5 Å². The van der Waals surface area contributed by atoms with Crippen LogP contribution in [0.1, 0.15) is 0 Å². The molecule has 9 heavy (non-hydrogen) atoms. The molecule has 0 unspecified atom stereocenters. The van der Waals surface area contributed by atoms with E-state index >= 15 is 0 Å². The van der Waals surface area contributed by atoms with Crippen LogP contribution < -0.4 is 0 Å². The molecule has 0 aromatic rings. The minimum absolute atomic E-state index is 1.63. The summed E-state index contributed by atoms with van der Waals surface area (Å²) in [6.45, 7) is 3.07. The normalized spacial score (nSPS) is 17.6. The Morgan fingerprint density at radius 2 is 1.56 bits per heavy atom. The van der Waals surface area contributed by atoms with Crippen molar-refractivity contribution in [2.24, 2.45) is 0 Å². The molecule has 0 aromatic carbocycles. The Bertz CT molecular complexity index is 104. The fraction of sp³-hybridized carbons (Fsp3) is 0.400. The highest BCUT2D eigenvalue weighted by Crippen LogP contribution is 2.22. The van der Waals surface area contributed by atoms with E-state index in [1.165, 1.54) is 0 Å². The monoisotopic (exact) mass is 160 g/mol. The molecule has 0 aliphatic carbocycles. The molecule has 1 aliphatic heterocycles. The quantitative estimate of drug-likeness (QED) is 0.566. The van der Waals surface area contributed by atoms with Crippen LogP contribution in [0.5, 0.6) is 0 Å². The van der Waals surface area contributed by atoms with E-state index < -0.39 is 0 Å². The molecule has 0 bridgehead atoms. The maximum atomic E-state index is 3.07. The second-order valence-electron chi connectivity index (χ2n) is 1.41. The van der Waals surface area contributed by atoms with Crippen molar-refractivity contribution in [2.75, 3.05) is 12.5 Å². The fourth-order valence-corrected chi connectivity index (χ4v) is 1.23. The molecule has 2 radical (unpaired) electrons. The largest absolute Gasteiger partial charge is 0.288 e. The van der Waals surface area contributed by atoms with E-state index in [2.05, 4.69) is 6.67 Å². The summed E-state index contributed by atoms with van der Waals surface area (Å²) in [7, 11) is 0. The van der Waals surface area contributed by atoms with Crippen LogP contribution in [0.3, 0.4) is 0 Å². The Morgan fingerprint density at radius 1 is 1.11 bits per heavy atom. The Balaban J connectivity index is 2.31. The van der Waals surface area contributed by atoms with Gasteiger partial charge < -0.3 is 0 Å². The van der Waals surface area contributed by atoms with Gasteiger partial charge in [0.25, 0.3) is 0 Å². The zero-order valence-corrected chi connectivity index (χ0v) is 7.00. The van der Waals surface area contributed by atoms with Crippen molar-refractivity contribution in [1.29, 1.82) is 0 Å². The van der Waals surface area contributed by atoms with Gasteiger partial charge in [0.2, 0.25) is 6.67 Å². The highest BCUT2D eigenvalue weighted by atomic mass is 32.2. The van der Waals surface area contributed by atoms with E-state index in [0.29, 0.717) is 0 Å². The maximum absolute atomic E-state index is 3.07. The van der Waals surface area contributed by atoms with Crippen molar-refractivity contribution in [3.05, 3.63) is 19.1 Å². The molecule has 0 amide bonds. The van der Waals surface area contributed by atoms with Gasteiger partial charge in [-0.25, -0.2) is 0 Å². The van der Waals surface area contributed by atoms with Crippen LogP contribution in [-0.4, -0.2) is 21.1 Å². The molecular weight excluding hydrogens is 152 g/mol. The standard InChI is InChI=1S/C5H8N2S2/c1-8-6-3-4-7(5-6)9-2/h3-4H,1-2H3. The Hall–Kier alpha value is 0.0400. The van der Waals surface area contributed by atoms with Crippen molar-refractivity contribution in [1.82, 2.24) is 8.61 Å². The third kappa shape index (κ3) is 1.72. The van der Waals surface area contributed by atoms with E-state index in [1.807, 2.05) is 33.5 Å². The summed E-state index contributed by atoms with van der Waals surface area (Å²) in [5.41, 5.74) is 0. The molecule has 50 valence electrons. The zero-order chi connectivity index (χ0) is 6.69. The van der Waals surface area contributed by atoms with E-state index in [1.54, 1.807) is 23.9 Å². The second kappa shape index (κ2) is 3.27. The van der Waals surface area contributed by atoms with Gasteiger partial charge >= 0.3 is 0 Å². The first-order chi connectivity index (χ1) is 4.36. The molecule has 0 saturated heterocycles. The van der Waals surface area contributed by atoms with Crippen molar-refractivity contribution in [2.45, 2.75) is 0 Å². The summed E-state index contributed by atoms with van der Waals surface area (Å²) >= 11 is 3.26. The van der Waals surface area contributed by atoms with Crippen LogP contribution in [0.15, 0.2) is 12.4 Å². The number of hydrogen-bond donors (Lipinski definition) is 0. The van der Waals surface area contributed by atoms with Gasteiger partial charge in [-0.05, 0) is 0 Å². The van der Waals surface area contributed by atoms with E-state index in [9.17, 15) is 0 Å². The molecule has 0 spiro atoms. The third-order valence-corrected chi connectivity index (χ3v) is 2.12. The van der Waals surface area contributed by atoms with Gasteiger partial charge in [0.1, 0.15) is 0 Å². The zero-order valence-electron chi connectivity index (χ0n) is 5.37. The predicted molar refractivity (Wildman–Crippen MR) is 43.1 cm³/mol. The minimum Gasteiger partial charge on any atom is -0.288 e. The topological polar surface area (TPSA) is 6.48 Å². The molecule has 0 saturated carbocycles. The van der Waals surface area contributed by atoms with Crippen molar-refractivity contribution < 1.29 is 0 Å². The van der Waals surface area contributed by atoms with Gasteiger partial charge in [-0.3, -0.25) is 8.61 Å². The van der Waals surface area contributed by atoms with E-state index in [4.69, 9.17) is 0 Å². The number of hydrogen-bond acceptors (Lipinski definition) is 4. The molecule has 0 fully saturated rings. The Morgan fingerprint density at radius 3 is 1.78 bits per heavy atom. The average molecular weight is 160 g/mol. The SMILES string of the molecule is CSN1[C]N(SC)C=C1. The molecule has 0 aromatic heterocycles. The highest BCUT2D eigenvalue weighted by molar-refractivity contribution is 7.97. The lowest BCUT2D eigenvalue weighted by molar-refractivity contribution is 0.639. The van der Waals surface area contributed by atoms with Crippen LogP contribution in [0.25, 0.3) is 0 Å². The highest BCUT2D eigenvalue weighted by Gasteiger charge is 2.11. The van der Waals surface area contributed by atoms with Crippen molar-refractivity contribution in [3.8, 4) is 0 Å². The van der Waals surface area contributed by atoms with Gasteiger partial charge in [-0.2, -0.15) is 0 Å². The van der Waals surface area contributed by atoms with Crippen LogP contribution in [0.2, 0.25) is 0 Å². The number of rotatable bonds is 2. The lowest BCUT2D eigenvalue weighted by atomic mass is 11.0. The lowest BCUT2D eigenvalue weighted by Gasteiger charge is -2.12. The summed E-state index contributed by atoms with van der Waals surface area (Å²) in [6.07, 6.45) is 7.98. The van der Waals surface area contributed by atoms with Crippen LogP contribution in [0, 0.1) is 6.67 Å². The second-order valence-corrected chi connectivity index (χ2v) is 2.93. The molecule has 0 N–H and O–H groups in total. The fourth-order valence-electron chi connectivity index (χ4n) is 0.488. The summed E-state index contributed by atoms with van der Waals surface area (Å²) < 4.78 is 3.85. The summed E-state index contributed by atoms with van der Waals surface area (Å²) in [4.78, 5) is 0. The number of nitrogens with zero attached hydrogens (tertiary/aromatic N) is 2. The minimum atomic E-state index is 1.63. The molecule has 0 atom stereocenters. The molecule has 2 nitrogen and oxygen atoms in total. The summed E-state index contributed by atoms with van der Waals surface area (Å²) in [5, 5.41) is 0. The van der Waals surface area contributed by atoms with Crippen LogP contribution in [0.4, 0.5) is 0 Å².